The van der Waals surface area contributed by atoms with E-state index in [1.165, 1.54) is 0 Å². The molecule has 0 bridgehead atoms. The predicted octanol–water partition coefficient (Wildman–Crippen LogP) is 1.11. The van der Waals surface area contributed by atoms with Crippen LogP contribution in [0.2, 0.25) is 0 Å². The van der Waals surface area contributed by atoms with E-state index in [0.29, 0.717) is 6.61 Å². The molecule has 0 aromatic heterocycles. The lowest BCUT2D eigenvalue weighted by Gasteiger charge is -2.17. The summed E-state index contributed by atoms with van der Waals surface area (Å²) in [5.74, 6) is 0.927. The number of thioether (sulfide) groups is 1. The first-order valence-electron chi connectivity index (χ1n) is 2.66. The highest BCUT2D eigenvalue weighted by molar-refractivity contribution is 8.00. The number of rotatable bonds is 2. The summed E-state index contributed by atoms with van der Waals surface area (Å²) >= 11 is 1.55. The van der Waals surface area contributed by atoms with Gasteiger partial charge < -0.3 is 4.74 Å². The lowest BCUT2D eigenvalue weighted by atomic mass is 10.7. The lowest BCUT2D eigenvalue weighted by Crippen LogP contribution is -2.18. The van der Waals surface area contributed by atoms with Crippen molar-refractivity contribution >= 4 is 20.4 Å². The van der Waals surface area contributed by atoms with E-state index in [9.17, 15) is 4.57 Å². The molecule has 2 unspecified atom stereocenters. The molecule has 0 radical (unpaired) electrons. The summed E-state index contributed by atoms with van der Waals surface area (Å²) in [6.07, 6.45) is 0. The van der Waals surface area contributed by atoms with Gasteiger partial charge in [0.2, 0.25) is 5.12 Å². The summed E-state index contributed by atoms with van der Waals surface area (Å²) in [7, 11) is -1.15. The van der Waals surface area contributed by atoms with Crippen molar-refractivity contribution in [1.29, 1.82) is 0 Å². The Bertz CT molecular complexity index is 112. The van der Waals surface area contributed by atoms with Gasteiger partial charge in [-0.15, -0.1) is 0 Å². The van der Waals surface area contributed by atoms with Gasteiger partial charge in [-0.3, -0.25) is 9.09 Å². The van der Waals surface area contributed by atoms with E-state index < -0.39 is 13.8 Å². The Morgan fingerprint density at radius 3 is 3.11 bits per heavy atom. The number of hydrogen-bond donors (Lipinski definition) is 0. The molecule has 1 heterocycles. The molecule has 1 fully saturated rings. The average molecular weight is 168 g/mol. The van der Waals surface area contributed by atoms with E-state index in [1.807, 2.05) is 0 Å². The normalized spacial score (nSPS) is 36.6. The third-order valence-corrected chi connectivity index (χ3v) is 2.90. The second-order valence-electron chi connectivity index (χ2n) is 1.77. The molecule has 0 aromatic carbocycles. The van der Waals surface area contributed by atoms with Crippen LogP contribution in [0, 0.1) is 0 Å². The van der Waals surface area contributed by atoms with Crippen molar-refractivity contribution in [1.82, 2.24) is 0 Å². The van der Waals surface area contributed by atoms with Crippen LogP contribution in [0.15, 0.2) is 0 Å². The standard InChI is InChI=1S/C4H9O3PS/c1-4(7-8-5)6-2-3-9-4/h2-3,8H2,1H3. The molecule has 0 aliphatic carbocycles. The van der Waals surface area contributed by atoms with Crippen molar-refractivity contribution in [2.45, 2.75) is 12.0 Å². The Hall–Kier alpha value is 0.500. The molecule has 0 saturated carbocycles. The molecule has 1 aliphatic rings. The molecular formula is C4H9O3PS. The van der Waals surface area contributed by atoms with Crippen molar-refractivity contribution in [2.24, 2.45) is 0 Å². The molecule has 1 aliphatic heterocycles. The lowest BCUT2D eigenvalue weighted by molar-refractivity contribution is -0.0722. The quantitative estimate of drug-likeness (QED) is 0.578. The first-order valence-corrected chi connectivity index (χ1v) is 4.59. The fourth-order valence-electron chi connectivity index (χ4n) is 0.651. The van der Waals surface area contributed by atoms with Gasteiger partial charge in [0.15, 0.2) is 8.69 Å². The maximum Gasteiger partial charge on any atom is 0.221 e. The van der Waals surface area contributed by atoms with Crippen LogP contribution in [-0.4, -0.2) is 17.5 Å². The molecule has 0 amide bonds. The molecule has 0 spiro atoms. The third-order valence-electron chi connectivity index (χ3n) is 1.07. The van der Waals surface area contributed by atoms with E-state index in [-0.39, 0.29) is 0 Å². The molecule has 0 N–H and O–H groups in total. The molecule has 2 atom stereocenters. The van der Waals surface area contributed by atoms with E-state index in [0.717, 1.165) is 5.75 Å². The van der Waals surface area contributed by atoms with Crippen molar-refractivity contribution in [3.05, 3.63) is 0 Å². The van der Waals surface area contributed by atoms with Gasteiger partial charge in [-0.2, -0.15) is 0 Å². The molecule has 54 valence electrons. The zero-order chi connectivity index (χ0) is 6.74. The minimum Gasteiger partial charge on any atom is -0.340 e. The first-order chi connectivity index (χ1) is 4.27. The van der Waals surface area contributed by atoms with Crippen LogP contribution in [0.5, 0.6) is 0 Å². The maximum absolute atomic E-state index is 10.1. The average Bonchev–Trinajstić information content (AvgIpc) is 2.16. The second-order valence-corrected chi connectivity index (χ2v) is 3.64. The van der Waals surface area contributed by atoms with Crippen LogP contribution >= 0.6 is 20.4 Å². The van der Waals surface area contributed by atoms with Gasteiger partial charge in [-0.05, 0) is 0 Å². The molecule has 3 nitrogen and oxygen atoms in total. The Morgan fingerprint density at radius 1 is 1.89 bits per heavy atom. The van der Waals surface area contributed by atoms with Gasteiger partial charge in [0.25, 0.3) is 0 Å². The zero-order valence-corrected chi connectivity index (χ0v) is 7.10. The summed E-state index contributed by atoms with van der Waals surface area (Å²) in [4.78, 5) is 0. The summed E-state index contributed by atoms with van der Waals surface area (Å²) in [5, 5.41) is -0.614. The van der Waals surface area contributed by atoms with Gasteiger partial charge in [0, 0.05) is 12.7 Å². The Morgan fingerprint density at radius 2 is 2.67 bits per heavy atom. The fourth-order valence-corrected chi connectivity index (χ4v) is 1.99. The Balaban J connectivity index is 2.40. The van der Waals surface area contributed by atoms with Crippen LogP contribution in [0.25, 0.3) is 0 Å². The SMILES string of the molecule is CC1(O[PH2]=O)OCCS1. The van der Waals surface area contributed by atoms with Gasteiger partial charge in [0.05, 0.1) is 6.61 Å². The van der Waals surface area contributed by atoms with Gasteiger partial charge in [0.1, 0.15) is 0 Å². The Labute approximate surface area is 59.4 Å². The van der Waals surface area contributed by atoms with Crippen LogP contribution in [0.3, 0.4) is 0 Å². The molecule has 0 aromatic rings. The summed E-state index contributed by atoms with van der Waals surface area (Å²) in [6.45, 7) is 2.48. The Kier molecular flexibility index (Phi) is 2.59. The minimum absolute atomic E-state index is 0.614. The van der Waals surface area contributed by atoms with E-state index in [1.54, 1.807) is 18.7 Å². The smallest absolute Gasteiger partial charge is 0.221 e. The van der Waals surface area contributed by atoms with Crippen LogP contribution in [0.4, 0.5) is 0 Å². The largest absolute Gasteiger partial charge is 0.340 e. The molecule has 1 saturated heterocycles. The van der Waals surface area contributed by atoms with Crippen LogP contribution in [-0.2, 0) is 13.8 Å². The van der Waals surface area contributed by atoms with Crippen molar-refractivity contribution in [2.75, 3.05) is 12.4 Å². The molecular weight excluding hydrogens is 159 g/mol. The second kappa shape index (κ2) is 3.06. The monoisotopic (exact) mass is 168 g/mol. The van der Waals surface area contributed by atoms with Crippen molar-refractivity contribution in [3.8, 4) is 0 Å². The highest BCUT2D eigenvalue weighted by atomic mass is 32.2. The topological polar surface area (TPSA) is 35.5 Å². The van der Waals surface area contributed by atoms with Crippen LogP contribution in [0.1, 0.15) is 6.92 Å². The predicted molar refractivity (Wildman–Crippen MR) is 38.3 cm³/mol. The van der Waals surface area contributed by atoms with Gasteiger partial charge >= 0.3 is 0 Å². The summed E-state index contributed by atoms with van der Waals surface area (Å²) in [5.41, 5.74) is 0. The third kappa shape index (κ3) is 1.97. The molecule has 9 heavy (non-hydrogen) atoms. The maximum atomic E-state index is 10.1. The summed E-state index contributed by atoms with van der Waals surface area (Å²) < 4.78 is 20.1. The van der Waals surface area contributed by atoms with Crippen molar-refractivity contribution in [3.63, 3.8) is 0 Å². The van der Waals surface area contributed by atoms with Gasteiger partial charge in [-0.1, -0.05) is 11.8 Å². The van der Waals surface area contributed by atoms with Crippen LogP contribution < -0.4 is 0 Å². The highest BCUT2D eigenvalue weighted by Crippen LogP contribution is 2.35. The highest BCUT2D eigenvalue weighted by Gasteiger charge is 2.31. The van der Waals surface area contributed by atoms with E-state index >= 15 is 0 Å². The van der Waals surface area contributed by atoms with Crippen molar-refractivity contribution < 1.29 is 13.8 Å². The van der Waals surface area contributed by atoms with Gasteiger partial charge in [-0.25, -0.2) is 0 Å². The first kappa shape index (κ1) is 7.61. The van der Waals surface area contributed by atoms with E-state index in [4.69, 9.17) is 9.26 Å². The van der Waals surface area contributed by atoms with E-state index in [2.05, 4.69) is 0 Å². The number of hydrogen-bond acceptors (Lipinski definition) is 4. The number of ether oxygens (including phenoxy) is 1. The fraction of sp³-hybridized carbons (Fsp3) is 1.00. The minimum atomic E-state index is -1.15. The molecule has 5 heteroatoms. The zero-order valence-electron chi connectivity index (χ0n) is 5.12. The molecule has 1 rings (SSSR count). The summed E-state index contributed by atoms with van der Waals surface area (Å²) in [6, 6.07) is 0.